The summed E-state index contributed by atoms with van der Waals surface area (Å²) >= 11 is 12.0. The first-order valence-corrected chi connectivity index (χ1v) is 8.70. The van der Waals surface area contributed by atoms with Gasteiger partial charge in [-0.2, -0.15) is 0 Å². The molecule has 1 aromatic heterocycles. The zero-order valence-electron chi connectivity index (χ0n) is 14.2. The molecule has 0 unspecified atom stereocenters. The lowest BCUT2D eigenvalue weighted by Gasteiger charge is -2.14. The van der Waals surface area contributed by atoms with Gasteiger partial charge in [-0.1, -0.05) is 35.3 Å². The van der Waals surface area contributed by atoms with Crippen molar-refractivity contribution in [2.45, 2.75) is 6.92 Å². The Hall–Kier alpha value is -2.89. The Labute approximate surface area is 165 Å². The Morgan fingerprint density at radius 1 is 1.04 bits per heavy atom. The SMILES string of the molecule is CC(=O)Oc1ccc(NC(=O)c2cccnc2Cl)c(-c2ccc(Cl)cc2)c1. The van der Waals surface area contributed by atoms with E-state index in [-0.39, 0.29) is 10.7 Å². The Bertz CT molecular complexity index is 1000. The lowest BCUT2D eigenvalue weighted by molar-refractivity contribution is -0.131. The van der Waals surface area contributed by atoms with Crippen LogP contribution in [0.2, 0.25) is 10.2 Å². The molecule has 0 saturated carbocycles. The van der Waals surface area contributed by atoms with E-state index in [1.54, 1.807) is 42.5 Å². The van der Waals surface area contributed by atoms with Crippen LogP contribution >= 0.6 is 23.2 Å². The number of halogens is 2. The maximum atomic E-state index is 12.6. The van der Waals surface area contributed by atoms with Gasteiger partial charge in [0.1, 0.15) is 10.9 Å². The number of anilines is 1. The minimum absolute atomic E-state index is 0.111. The quantitative estimate of drug-likeness (QED) is 0.369. The number of rotatable bonds is 4. The van der Waals surface area contributed by atoms with Gasteiger partial charge in [0.2, 0.25) is 0 Å². The molecule has 3 rings (SSSR count). The number of amides is 1. The third-order valence-corrected chi connectivity index (χ3v) is 4.21. The molecule has 0 radical (unpaired) electrons. The number of ether oxygens (including phenoxy) is 1. The fourth-order valence-electron chi connectivity index (χ4n) is 2.48. The van der Waals surface area contributed by atoms with Crippen LogP contribution in [0.3, 0.4) is 0 Å². The molecule has 3 aromatic rings. The number of pyridine rings is 1. The standard InChI is InChI=1S/C20H14Cl2N2O3/c1-12(25)27-15-8-9-18(17(11-15)13-4-6-14(21)7-5-13)24-20(26)16-3-2-10-23-19(16)22/h2-11H,1H3,(H,24,26). The predicted molar refractivity (Wildman–Crippen MR) is 105 cm³/mol. The number of hydrogen-bond acceptors (Lipinski definition) is 4. The molecular formula is C20H14Cl2N2O3. The van der Waals surface area contributed by atoms with E-state index in [0.29, 0.717) is 22.0 Å². The number of carbonyl (C=O) groups is 2. The molecule has 0 saturated heterocycles. The van der Waals surface area contributed by atoms with Gasteiger partial charge in [0, 0.05) is 29.4 Å². The van der Waals surface area contributed by atoms with Crippen LogP contribution in [0.25, 0.3) is 11.1 Å². The van der Waals surface area contributed by atoms with E-state index in [0.717, 1.165) is 5.56 Å². The van der Waals surface area contributed by atoms with Crippen LogP contribution in [0.1, 0.15) is 17.3 Å². The van der Waals surface area contributed by atoms with E-state index in [1.807, 2.05) is 12.1 Å². The Morgan fingerprint density at radius 3 is 2.44 bits per heavy atom. The van der Waals surface area contributed by atoms with E-state index in [4.69, 9.17) is 27.9 Å². The highest BCUT2D eigenvalue weighted by Crippen LogP contribution is 2.33. The summed E-state index contributed by atoms with van der Waals surface area (Å²) in [6.07, 6.45) is 1.51. The summed E-state index contributed by atoms with van der Waals surface area (Å²) in [7, 11) is 0. The van der Waals surface area contributed by atoms with Crippen molar-refractivity contribution in [3.8, 4) is 16.9 Å². The van der Waals surface area contributed by atoms with Crippen molar-refractivity contribution in [1.29, 1.82) is 0 Å². The van der Waals surface area contributed by atoms with Crippen LogP contribution in [0, 0.1) is 0 Å². The second-order valence-corrected chi connectivity index (χ2v) is 6.40. The summed E-state index contributed by atoms with van der Waals surface area (Å²) in [5.41, 5.74) is 2.24. The van der Waals surface area contributed by atoms with Gasteiger partial charge in [-0.3, -0.25) is 9.59 Å². The number of esters is 1. The number of aromatic nitrogens is 1. The zero-order chi connectivity index (χ0) is 19.4. The summed E-state index contributed by atoms with van der Waals surface area (Å²) in [5, 5.41) is 3.52. The van der Waals surface area contributed by atoms with Gasteiger partial charge in [0.25, 0.3) is 5.91 Å². The molecule has 1 amide bonds. The van der Waals surface area contributed by atoms with Crippen molar-refractivity contribution in [1.82, 2.24) is 4.98 Å². The number of benzene rings is 2. The molecule has 0 aliphatic heterocycles. The number of nitrogens with zero attached hydrogens (tertiary/aromatic N) is 1. The van der Waals surface area contributed by atoms with Crippen LogP contribution < -0.4 is 10.1 Å². The molecule has 27 heavy (non-hydrogen) atoms. The number of hydrogen-bond donors (Lipinski definition) is 1. The van der Waals surface area contributed by atoms with Gasteiger partial charge >= 0.3 is 5.97 Å². The van der Waals surface area contributed by atoms with Crippen molar-refractivity contribution in [2.75, 3.05) is 5.32 Å². The molecule has 5 nitrogen and oxygen atoms in total. The molecular weight excluding hydrogens is 387 g/mol. The second-order valence-electron chi connectivity index (χ2n) is 5.60. The average Bonchev–Trinajstić information content (AvgIpc) is 2.63. The summed E-state index contributed by atoms with van der Waals surface area (Å²) in [4.78, 5) is 27.8. The molecule has 0 aliphatic carbocycles. The van der Waals surface area contributed by atoms with Crippen molar-refractivity contribution in [3.63, 3.8) is 0 Å². The van der Waals surface area contributed by atoms with Crippen LogP contribution in [-0.2, 0) is 4.79 Å². The van der Waals surface area contributed by atoms with Crippen molar-refractivity contribution in [2.24, 2.45) is 0 Å². The van der Waals surface area contributed by atoms with E-state index < -0.39 is 11.9 Å². The van der Waals surface area contributed by atoms with E-state index in [9.17, 15) is 9.59 Å². The van der Waals surface area contributed by atoms with Crippen LogP contribution in [0.15, 0.2) is 60.8 Å². The smallest absolute Gasteiger partial charge is 0.308 e. The Kier molecular flexibility index (Phi) is 5.74. The minimum atomic E-state index is -0.434. The molecule has 7 heteroatoms. The molecule has 0 atom stereocenters. The average molecular weight is 401 g/mol. The third kappa shape index (κ3) is 4.64. The van der Waals surface area contributed by atoms with E-state index in [2.05, 4.69) is 10.3 Å². The van der Waals surface area contributed by atoms with Crippen LogP contribution in [0.4, 0.5) is 5.69 Å². The Balaban J connectivity index is 2.00. The van der Waals surface area contributed by atoms with Crippen molar-refractivity contribution >= 4 is 40.8 Å². The molecule has 2 aromatic carbocycles. The topological polar surface area (TPSA) is 68.3 Å². The normalized spacial score (nSPS) is 10.3. The highest BCUT2D eigenvalue weighted by Gasteiger charge is 2.15. The monoisotopic (exact) mass is 400 g/mol. The van der Waals surface area contributed by atoms with Gasteiger partial charge < -0.3 is 10.1 Å². The fourth-order valence-corrected chi connectivity index (χ4v) is 2.81. The van der Waals surface area contributed by atoms with Crippen molar-refractivity contribution in [3.05, 3.63) is 76.5 Å². The van der Waals surface area contributed by atoms with E-state index >= 15 is 0 Å². The highest BCUT2D eigenvalue weighted by molar-refractivity contribution is 6.33. The van der Waals surface area contributed by atoms with Gasteiger partial charge in [-0.15, -0.1) is 0 Å². The molecule has 0 bridgehead atoms. The van der Waals surface area contributed by atoms with Crippen molar-refractivity contribution < 1.29 is 14.3 Å². The molecule has 1 N–H and O–H groups in total. The van der Waals surface area contributed by atoms with E-state index in [1.165, 1.54) is 13.1 Å². The summed E-state index contributed by atoms with van der Waals surface area (Å²) in [5.74, 6) is -0.468. The lowest BCUT2D eigenvalue weighted by Crippen LogP contribution is -2.13. The number of carbonyl (C=O) groups excluding carboxylic acids is 2. The molecule has 0 spiro atoms. The summed E-state index contributed by atoms with van der Waals surface area (Å²) in [6, 6.07) is 15.2. The fraction of sp³-hybridized carbons (Fsp3) is 0.0500. The van der Waals surface area contributed by atoms with Gasteiger partial charge in [0.05, 0.1) is 5.56 Å². The number of nitrogens with one attached hydrogen (secondary N) is 1. The second kappa shape index (κ2) is 8.20. The largest absolute Gasteiger partial charge is 0.427 e. The molecule has 0 fully saturated rings. The predicted octanol–water partition coefficient (Wildman–Crippen LogP) is 5.23. The lowest BCUT2D eigenvalue weighted by atomic mass is 10.0. The maximum Gasteiger partial charge on any atom is 0.308 e. The molecule has 0 aliphatic rings. The highest BCUT2D eigenvalue weighted by atomic mass is 35.5. The van der Waals surface area contributed by atoms with Crippen LogP contribution in [0.5, 0.6) is 5.75 Å². The van der Waals surface area contributed by atoms with Gasteiger partial charge in [0.15, 0.2) is 0 Å². The van der Waals surface area contributed by atoms with Crippen LogP contribution in [-0.4, -0.2) is 16.9 Å². The molecule has 136 valence electrons. The first kappa shape index (κ1) is 18.9. The molecule has 1 heterocycles. The third-order valence-electron chi connectivity index (χ3n) is 3.66. The minimum Gasteiger partial charge on any atom is -0.427 e. The van der Waals surface area contributed by atoms with Gasteiger partial charge in [-0.05, 0) is 48.0 Å². The Morgan fingerprint density at radius 2 is 1.78 bits per heavy atom. The first-order valence-electron chi connectivity index (χ1n) is 7.94. The summed E-state index contributed by atoms with van der Waals surface area (Å²) < 4.78 is 5.16. The summed E-state index contributed by atoms with van der Waals surface area (Å²) in [6.45, 7) is 1.32. The zero-order valence-corrected chi connectivity index (χ0v) is 15.7. The first-order chi connectivity index (χ1) is 12.9. The van der Waals surface area contributed by atoms with Gasteiger partial charge in [-0.25, -0.2) is 4.98 Å². The maximum absolute atomic E-state index is 12.6.